The van der Waals surface area contributed by atoms with Gasteiger partial charge in [0.1, 0.15) is 4.92 Å². The van der Waals surface area contributed by atoms with Crippen molar-refractivity contribution in [3.8, 4) is 0 Å². The number of nitrogens with zero attached hydrogens (tertiary/aromatic N) is 2. The molecule has 2 aromatic rings. The Morgan fingerprint density at radius 2 is 2.04 bits per heavy atom. The van der Waals surface area contributed by atoms with Crippen LogP contribution in [0, 0.1) is 10.1 Å². The van der Waals surface area contributed by atoms with E-state index in [-0.39, 0.29) is 17.8 Å². The largest absolute Gasteiger partial charge is 0.433 e. The van der Waals surface area contributed by atoms with E-state index in [1.165, 1.54) is 12.1 Å². The second-order valence-corrected chi connectivity index (χ2v) is 6.18. The van der Waals surface area contributed by atoms with E-state index in [0.29, 0.717) is 5.02 Å². The first kappa shape index (κ1) is 16.5. The predicted molar refractivity (Wildman–Crippen MR) is 88.1 cm³/mol. The molecule has 1 aliphatic rings. The van der Waals surface area contributed by atoms with Crippen molar-refractivity contribution in [3.63, 3.8) is 0 Å². The lowest BCUT2D eigenvalue weighted by Crippen LogP contribution is -2.38. The zero-order valence-electron chi connectivity index (χ0n) is 12.9. The Kier molecular flexibility index (Phi) is 4.55. The van der Waals surface area contributed by atoms with E-state index < -0.39 is 16.7 Å². The maximum Gasteiger partial charge on any atom is 0.433 e. The number of rotatable bonds is 4. The minimum Gasteiger partial charge on any atom is -0.395 e. The van der Waals surface area contributed by atoms with Crippen molar-refractivity contribution < 1.29 is 14.1 Å². The summed E-state index contributed by atoms with van der Waals surface area (Å²) < 4.78 is 4.96. The number of carbonyl (C=O) groups excluding carboxylic acids is 1. The molecule has 0 unspecified atom stereocenters. The average Bonchev–Trinajstić information content (AvgIpc) is 3.16. The highest BCUT2D eigenvalue weighted by atomic mass is 35.5. The average molecular weight is 350 g/mol. The highest BCUT2D eigenvalue weighted by Crippen LogP contribution is 2.32. The van der Waals surface area contributed by atoms with Crippen molar-refractivity contribution in [3.05, 3.63) is 62.9 Å². The molecule has 1 N–H and O–H groups in total. The SMILES string of the molecule is CN1CC[C@@H](NC(=O)c2ccc([N+](=O)[O-])o2)[C@@H]1c1ccc(Cl)cc1. The monoisotopic (exact) mass is 349 g/mol. The Hall–Kier alpha value is -2.38. The quantitative estimate of drug-likeness (QED) is 0.677. The minimum absolute atomic E-state index is 0.0103. The third-order valence-corrected chi connectivity index (χ3v) is 4.42. The van der Waals surface area contributed by atoms with Gasteiger partial charge in [-0.2, -0.15) is 0 Å². The van der Waals surface area contributed by atoms with Gasteiger partial charge in [-0.05, 0) is 37.2 Å². The smallest absolute Gasteiger partial charge is 0.395 e. The number of nitrogens with one attached hydrogen (secondary N) is 1. The van der Waals surface area contributed by atoms with E-state index in [9.17, 15) is 14.9 Å². The Labute approximate surface area is 143 Å². The number of likely N-dealkylation sites (N-methyl/N-ethyl adjacent to an activating group) is 1. The van der Waals surface area contributed by atoms with Crippen molar-refractivity contribution in [1.29, 1.82) is 0 Å². The standard InChI is InChI=1S/C16H16ClN3O4/c1-19-9-8-12(15(19)10-2-4-11(17)5-3-10)18-16(21)13-6-7-14(24-13)20(22)23/h2-7,12,15H,8-9H2,1H3,(H,18,21)/t12-,15+/m1/s1. The molecule has 7 nitrogen and oxygen atoms in total. The fourth-order valence-electron chi connectivity index (χ4n) is 3.03. The van der Waals surface area contributed by atoms with Gasteiger partial charge in [-0.25, -0.2) is 0 Å². The molecule has 1 aromatic carbocycles. The van der Waals surface area contributed by atoms with E-state index in [4.69, 9.17) is 16.0 Å². The minimum atomic E-state index is -0.670. The van der Waals surface area contributed by atoms with Gasteiger partial charge in [-0.1, -0.05) is 23.7 Å². The second kappa shape index (κ2) is 6.62. The lowest BCUT2D eigenvalue weighted by molar-refractivity contribution is -0.402. The zero-order valence-corrected chi connectivity index (χ0v) is 13.7. The molecule has 126 valence electrons. The van der Waals surface area contributed by atoms with Crippen LogP contribution in [0.15, 0.2) is 40.8 Å². The number of benzene rings is 1. The predicted octanol–water partition coefficient (Wildman–Crippen LogP) is 3.02. The number of furan rings is 1. The van der Waals surface area contributed by atoms with Gasteiger partial charge < -0.3 is 9.73 Å². The van der Waals surface area contributed by atoms with Crippen LogP contribution >= 0.6 is 11.6 Å². The number of amides is 1. The summed E-state index contributed by atoms with van der Waals surface area (Å²) in [5, 5.41) is 14.2. The molecule has 2 heterocycles. The van der Waals surface area contributed by atoms with Crippen LogP contribution < -0.4 is 5.32 Å². The van der Waals surface area contributed by atoms with Gasteiger partial charge in [0.2, 0.25) is 0 Å². The molecule has 0 bridgehead atoms. The molecule has 1 fully saturated rings. The molecule has 8 heteroatoms. The third kappa shape index (κ3) is 3.27. The van der Waals surface area contributed by atoms with E-state index in [0.717, 1.165) is 18.5 Å². The Morgan fingerprint density at radius 1 is 1.33 bits per heavy atom. The molecule has 1 saturated heterocycles. The summed E-state index contributed by atoms with van der Waals surface area (Å²) in [5.41, 5.74) is 1.05. The Balaban J connectivity index is 1.76. The summed E-state index contributed by atoms with van der Waals surface area (Å²) in [4.78, 5) is 24.4. The Bertz CT molecular complexity index is 759. The maximum atomic E-state index is 12.3. The molecule has 3 rings (SSSR count). The number of halogens is 1. The molecule has 24 heavy (non-hydrogen) atoms. The third-order valence-electron chi connectivity index (χ3n) is 4.17. The first-order valence-corrected chi connectivity index (χ1v) is 7.84. The van der Waals surface area contributed by atoms with Crippen molar-refractivity contribution in [1.82, 2.24) is 10.2 Å². The molecule has 0 saturated carbocycles. The lowest BCUT2D eigenvalue weighted by atomic mass is 10.00. The fraction of sp³-hybridized carbons (Fsp3) is 0.312. The van der Waals surface area contributed by atoms with E-state index in [1.807, 2.05) is 31.3 Å². The van der Waals surface area contributed by atoms with Gasteiger partial charge >= 0.3 is 5.88 Å². The molecule has 1 aliphatic heterocycles. The van der Waals surface area contributed by atoms with Crippen LogP contribution in [0.3, 0.4) is 0 Å². The van der Waals surface area contributed by atoms with Crippen LogP contribution in [0.1, 0.15) is 28.6 Å². The van der Waals surface area contributed by atoms with E-state index >= 15 is 0 Å². The number of nitro groups is 1. The van der Waals surface area contributed by atoms with Crippen LogP contribution in [-0.4, -0.2) is 35.4 Å². The summed E-state index contributed by atoms with van der Waals surface area (Å²) in [6, 6.07) is 9.88. The molecule has 0 radical (unpaired) electrons. The van der Waals surface area contributed by atoms with Gasteiger partial charge in [-0.15, -0.1) is 0 Å². The molecule has 2 atom stereocenters. The summed E-state index contributed by atoms with van der Waals surface area (Å²) in [7, 11) is 1.99. The van der Waals surface area contributed by atoms with Crippen LogP contribution in [0.2, 0.25) is 5.02 Å². The summed E-state index contributed by atoms with van der Waals surface area (Å²) in [6.07, 6.45) is 0.776. The number of likely N-dealkylation sites (tertiary alicyclic amines) is 1. The van der Waals surface area contributed by atoms with Gasteiger partial charge in [0.05, 0.1) is 18.2 Å². The summed E-state index contributed by atoms with van der Waals surface area (Å²) in [5.74, 6) is -0.966. The van der Waals surface area contributed by atoms with E-state index in [2.05, 4.69) is 10.2 Å². The first-order valence-electron chi connectivity index (χ1n) is 7.46. The van der Waals surface area contributed by atoms with Crippen LogP contribution in [0.5, 0.6) is 0 Å². The van der Waals surface area contributed by atoms with Gasteiger partial charge in [0, 0.05) is 11.6 Å². The second-order valence-electron chi connectivity index (χ2n) is 5.74. The molecule has 1 amide bonds. The van der Waals surface area contributed by atoms with Crippen molar-refractivity contribution in [2.45, 2.75) is 18.5 Å². The molecule has 1 aromatic heterocycles. The summed E-state index contributed by atoms with van der Waals surface area (Å²) in [6.45, 7) is 0.830. The Morgan fingerprint density at radius 3 is 2.67 bits per heavy atom. The van der Waals surface area contributed by atoms with Crippen LogP contribution in [0.4, 0.5) is 5.88 Å². The topological polar surface area (TPSA) is 88.6 Å². The van der Waals surface area contributed by atoms with Gasteiger partial charge in [0.15, 0.2) is 5.76 Å². The normalized spacial score (nSPS) is 20.9. The highest BCUT2D eigenvalue weighted by molar-refractivity contribution is 6.30. The number of hydrogen-bond donors (Lipinski definition) is 1. The molecular formula is C16H16ClN3O4. The zero-order chi connectivity index (χ0) is 17.3. The number of carbonyl (C=O) groups is 1. The fourth-order valence-corrected chi connectivity index (χ4v) is 3.16. The molecule has 0 aliphatic carbocycles. The van der Waals surface area contributed by atoms with Gasteiger partial charge in [0.25, 0.3) is 5.91 Å². The molecule has 0 spiro atoms. The van der Waals surface area contributed by atoms with Crippen molar-refractivity contribution in [2.24, 2.45) is 0 Å². The molecular weight excluding hydrogens is 334 g/mol. The van der Waals surface area contributed by atoms with Crippen molar-refractivity contribution >= 4 is 23.4 Å². The van der Waals surface area contributed by atoms with Crippen LogP contribution in [-0.2, 0) is 0 Å². The first-order chi connectivity index (χ1) is 11.5. The van der Waals surface area contributed by atoms with Gasteiger partial charge in [-0.3, -0.25) is 19.8 Å². The van der Waals surface area contributed by atoms with Crippen LogP contribution in [0.25, 0.3) is 0 Å². The number of hydrogen-bond acceptors (Lipinski definition) is 5. The highest BCUT2D eigenvalue weighted by Gasteiger charge is 2.34. The summed E-state index contributed by atoms with van der Waals surface area (Å²) >= 11 is 5.93. The van der Waals surface area contributed by atoms with Crippen molar-refractivity contribution in [2.75, 3.05) is 13.6 Å². The van der Waals surface area contributed by atoms with E-state index in [1.54, 1.807) is 0 Å². The maximum absolute atomic E-state index is 12.3. The lowest BCUT2D eigenvalue weighted by Gasteiger charge is -2.26.